The topological polar surface area (TPSA) is 54.0 Å². The van der Waals surface area contributed by atoms with Crippen molar-refractivity contribution >= 4 is 17.3 Å². The van der Waals surface area contributed by atoms with Gasteiger partial charge < -0.3 is 10.6 Å². The number of amides is 1. The maximum atomic E-state index is 12.2. The number of pyridine rings is 1. The van der Waals surface area contributed by atoms with Crippen molar-refractivity contribution in [1.29, 1.82) is 0 Å². The normalized spacial score (nSPS) is 10.3. The average Bonchev–Trinajstić information content (AvgIpc) is 2.65. The molecule has 1 heterocycles. The number of carbonyl (C=O) groups excluding carboxylic acids is 1. The van der Waals surface area contributed by atoms with E-state index in [1.54, 1.807) is 12.3 Å². The highest BCUT2D eigenvalue weighted by atomic mass is 16.1. The Kier molecular flexibility index (Phi) is 5.09. The largest absolute Gasteiger partial charge is 0.354 e. The van der Waals surface area contributed by atoms with Crippen LogP contribution in [0.4, 0.5) is 11.4 Å². The number of benzene rings is 2. The van der Waals surface area contributed by atoms with Crippen molar-refractivity contribution in [1.82, 2.24) is 10.3 Å². The van der Waals surface area contributed by atoms with Crippen molar-refractivity contribution in [2.24, 2.45) is 0 Å². The molecule has 0 atom stereocenters. The highest BCUT2D eigenvalue weighted by Gasteiger charge is 2.07. The number of aromatic nitrogens is 1. The Hall–Kier alpha value is -3.14. The number of rotatable bonds is 5. The Morgan fingerprint density at radius 1 is 0.960 bits per heavy atom. The number of hydrogen-bond donors (Lipinski definition) is 2. The molecule has 2 N–H and O–H groups in total. The van der Waals surface area contributed by atoms with E-state index >= 15 is 0 Å². The summed E-state index contributed by atoms with van der Waals surface area (Å²) in [6, 6.07) is 19.5. The molecular weight excluding hydrogens is 310 g/mol. The molecule has 25 heavy (non-hydrogen) atoms. The summed E-state index contributed by atoms with van der Waals surface area (Å²) in [6.45, 7) is 4.65. The van der Waals surface area contributed by atoms with E-state index in [1.807, 2.05) is 48.5 Å². The summed E-state index contributed by atoms with van der Waals surface area (Å²) in [5.74, 6) is -0.179. The number of aryl methyl sites for hydroxylation is 1. The van der Waals surface area contributed by atoms with E-state index in [4.69, 9.17) is 0 Å². The van der Waals surface area contributed by atoms with Crippen molar-refractivity contribution in [2.45, 2.75) is 20.4 Å². The molecule has 1 aromatic heterocycles. The van der Waals surface area contributed by atoms with Gasteiger partial charge in [0.2, 0.25) is 0 Å². The molecule has 0 unspecified atom stereocenters. The van der Waals surface area contributed by atoms with Gasteiger partial charge in [-0.3, -0.25) is 4.79 Å². The zero-order valence-electron chi connectivity index (χ0n) is 14.4. The highest BCUT2D eigenvalue weighted by molar-refractivity contribution is 5.92. The van der Waals surface area contributed by atoms with Gasteiger partial charge in [0, 0.05) is 12.2 Å². The molecule has 0 bridgehead atoms. The highest BCUT2D eigenvalue weighted by Crippen LogP contribution is 2.22. The minimum Gasteiger partial charge on any atom is -0.354 e. The molecule has 0 saturated heterocycles. The van der Waals surface area contributed by atoms with Crippen molar-refractivity contribution in [2.75, 3.05) is 5.32 Å². The fourth-order valence-corrected chi connectivity index (χ4v) is 2.51. The maximum absolute atomic E-state index is 12.2. The van der Waals surface area contributed by atoms with Gasteiger partial charge in [0.25, 0.3) is 5.91 Å². The van der Waals surface area contributed by atoms with Gasteiger partial charge in [-0.1, -0.05) is 42.5 Å². The van der Waals surface area contributed by atoms with E-state index < -0.39 is 0 Å². The molecule has 4 heteroatoms. The molecule has 0 aliphatic rings. The minimum atomic E-state index is -0.179. The maximum Gasteiger partial charge on any atom is 0.270 e. The monoisotopic (exact) mass is 331 g/mol. The van der Waals surface area contributed by atoms with Crippen LogP contribution in [0, 0.1) is 13.8 Å². The molecule has 0 spiro atoms. The second kappa shape index (κ2) is 7.62. The first-order valence-corrected chi connectivity index (χ1v) is 8.25. The molecule has 3 aromatic rings. The summed E-state index contributed by atoms with van der Waals surface area (Å²) < 4.78 is 0. The van der Waals surface area contributed by atoms with E-state index in [9.17, 15) is 4.79 Å². The number of nitrogens with zero attached hydrogens (tertiary/aromatic N) is 1. The lowest BCUT2D eigenvalue weighted by atomic mass is 10.1. The van der Waals surface area contributed by atoms with Gasteiger partial charge in [-0.2, -0.15) is 0 Å². The van der Waals surface area contributed by atoms with Gasteiger partial charge >= 0.3 is 0 Å². The van der Waals surface area contributed by atoms with Crippen molar-refractivity contribution < 1.29 is 4.79 Å². The molecule has 4 nitrogen and oxygen atoms in total. The van der Waals surface area contributed by atoms with Crippen LogP contribution < -0.4 is 10.6 Å². The van der Waals surface area contributed by atoms with Crippen molar-refractivity contribution in [3.05, 3.63) is 89.2 Å². The lowest BCUT2D eigenvalue weighted by Crippen LogP contribution is -2.23. The van der Waals surface area contributed by atoms with Crippen molar-refractivity contribution in [3.63, 3.8) is 0 Å². The summed E-state index contributed by atoms with van der Waals surface area (Å²) in [7, 11) is 0. The van der Waals surface area contributed by atoms with Gasteiger partial charge in [0.1, 0.15) is 5.69 Å². The fourth-order valence-electron chi connectivity index (χ4n) is 2.51. The molecule has 0 aliphatic carbocycles. The Morgan fingerprint density at radius 2 is 1.76 bits per heavy atom. The van der Waals surface area contributed by atoms with Crippen LogP contribution in [-0.2, 0) is 6.54 Å². The lowest BCUT2D eigenvalue weighted by molar-refractivity contribution is 0.0946. The summed E-state index contributed by atoms with van der Waals surface area (Å²) in [4.78, 5) is 16.5. The van der Waals surface area contributed by atoms with Crippen LogP contribution in [0.25, 0.3) is 0 Å². The van der Waals surface area contributed by atoms with Crippen LogP contribution in [0.1, 0.15) is 27.2 Å². The molecule has 0 fully saturated rings. The SMILES string of the molecule is Cc1cccc(Nc2ccc(C(=O)NCc3ccccc3)nc2)c1C. The fraction of sp³-hybridized carbons (Fsp3) is 0.143. The number of carbonyl (C=O) groups is 1. The molecule has 2 aromatic carbocycles. The molecule has 0 aliphatic heterocycles. The number of nitrogens with one attached hydrogen (secondary N) is 2. The smallest absolute Gasteiger partial charge is 0.270 e. The quantitative estimate of drug-likeness (QED) is 0.730. The van der Waals surface area contributed by atoms with Crippen LogP contribution >= 0.6 is 0 Å². The first-order chi connectivity index (χ1) is 12.1. The average molecular weight is 331 g/mol. The third-order valence-electron chi connectivity index (χ3n) is 4.18. The van der Waals surface area contributed by atoms with Gasteiger partial charge in [-0.15, -0.1) is 0 Å². The molecular formula is C21H21N3O. The predicted octanol–water partition coefficient (Wildman–Crippen LogP) is 4.37. The number of hydrogen-bond acceptors (Lipinski definition) is 3. The third-order valence-corrected chi connectivity index (χ3v) is 4.18. The summed E-state index contributed by atoms with van der Waals surface area (Å²) in [5.41, 5.74) is 5.80. The van der Waals surface area contributed by atoms with E-state index in [-0.39, 0.29) is 5.91 Å². The minimum absolute atomic E-state index is 0.179. The van der Waals surface area contributed by atoms with E-state index in [2.05, 4.69) is 35.5 Å². The molecule has 0 radical (unpaired) electrons. The molecule has 1 amide bonds. The van der Waals surface area contributed by atoms with Crippen LogP contribution in [0.5, 0.6) is 0 Å². The Morgan fingerprint density at radius 3 is 2.48 bits per heavy atom. The van der Waals surface area contributed by atoms with Gasteiger partial charge in [0.15, 0.2) is 0 Å². The molecule has 126 valence electrons. The van der Waals surface area contributed by atoms with E-state index in [0.29, 0.717) is 12.2 Å². The predicted molar refractivity (Wildman–Crippen MR) is 101 cm³/mol. The summed E-state index contributed by atoms with van der Waals surface area (Å²) in [5, 5.41) is 6.22. The van der Waals surface area contributed by atoms with Gasteiger partial charge in [0.05, 0.1) is 11.9 Å². The zero-order chi connectivity index (χ0) is 17.6. The molecule has 3 rings (SSSR count). The molecule has 0 saturated carbocycles. The summed E-state index contributed by atoms with van der Waals surface area (Å²) in [6.07, 6.45) is 1.68. The second-order valence-corrected chi connectivity index (χ2v) is 5.97. The summed E-state index contributed by atoms with van der Waals surface area (Å²) >= 11 is 0. The van der Waals surface area contributed by atoms with Gasteiger partial charge in [-0.25, -0.2) is 4.98 Å². The number of anilines is 2. The Labute approximate surface area is 147 Å². The van der Waals surface area contributed by atoms with Crippen LogP contribution in [-0.4, -0.2) is 10.9 Å². The van der Waals surface area contributed by atoms with E-state index in [0.717, 1.165) is 16.9 Å². The Bertz CT molecular complexity index is 858. The standard InChI is InChI=1S/C21H21N3O/c1-15-7-6-10-19(16(15)2)24-18-11-12-20(22-14-18)21(25)23-13-17-8-4-3-5-9-17/h3-12,14,24H,13H2,1-2H3,(H,23,25). The van der Waals surface area contributed by atoms with E-state index in [1.165, 1.54) is 11.1 Å². The van der Waals surface area contributed by atoms with Gasteiger partial charge in [-0.05, 0) is 48.7 Å². The van der Waals surface area contributed by atoms with Crippen LogP contribution in [0.3, 0.4) is 0 Å². The van der Waals surface area contributed by atoms with Crippen LogP contribution in [0.15, 0.2) is 66.9 Å². The third kappa shape index (κ3) is 4.23. The zero-order valence-corrected chi connectivity index (χ0v) is 14.4. The first-order valence-electron chi connectivity index (χ1n) is 8.25. The van der Waals surface area contributed by atoms with Crippen molar-refractivity contribution in [3.8, 4) is 0 Å². The second-order valence-electron chi connectivity index (χ2n) is 5.97. The Balaban J connectivity index is 1.63. The first kappa shape index (κ1) is 16.7. The van der Waals surface area contributed by atoms with Crippen LogP contribution in [0.2, 0.25) is 0 Å². The lowest BCUT2D eigenvalue weighted by Gasteiger charge is -2.11.